The normalized spacial score (nSPS) is 16.1. The van der Waals surface area contributed by atoms with Crippen LogP contribution in [0, 0.1) is 18.6 Å². The number of ether oxygens (including phenoxy) is 1. The molecule has 0 aliphatic carbocycles. The summed E-state index contributed by atoms with van der Waals surface area (Å²) in [5.41, 5.74) is -1.33. The standard InChI is InChI=1S/C29H27F5N6O6/c1-14-22(26(42)38(3)28(45)37(14)2)17-5-4-15(40-7-6-35-24(17)40)12-20(27(43)44)36-25(41)23-18(30)10-16(11-19(23)31)39-8-9-46-13-21(39)29(32,33)34/h4-7,10-11,20-21H,8-9,12-13H2,1-3H3,(H,36,41)(H,43,44)/t20?,21-/m0/s1. The van der Waals surface area contributed by atoms with Crippen LogP contribution in [-0.4, -0.2) is 73.5 Å². The number of morpholine rings is 1. The zero-order valence-corrected chi connectivity index (χ0v) is 24.6. The number of anilines is 1. The molecule has 4 heterocycles. The number of carboxylic acids is 1. The maximum atomic E-state index is 15.1. The number of pyridine rings is 1. The molecule has 1 aliphatic rings. The van der Waals surface area contributed by atoms with Crippen molar-refractivity contribution in [2.45, 2.75) is 31.6 Å². The Kier molecular flexibility index (Phi) is 8.46. The number of amides is 1. The van der Waals surface area contributed by atoms with Gasteiger partial charge in [0.2, 0.25) is 0 Å². The monoisotopic (exact) mass is 650 g/mol. The highest BCUT2D eigenvalue weighted by atomic mass is 19.4. The molecular weight excluding hydrogens is 623 g/mol. The average molecular weight is 651 g/mol. The molecule has 0 radical (unpaired) electrons. The van der Waals surface area contributed by atoms with Crippen LogP contribution in [0.15, 0.2) is 46.2 Å². The van der Waals surface area contributed by atoms with Crippen LogP contribution in [0.25, 0.3) is 16.8 Å². The topological polar surface area (TPSA) is 140 Å². The number of rotatable bonds is 7. The third-order valence-corrected chi connectivity index (χ3v) is 7.97. The Labute approximate surface area is 256 Å². The number of carbonyl (C=O) groups is 2. The van der Waals surface area contributed by atoms with Gasteiger partial charge in [0.05, 0.1) is 18.8 Å². The summed E-state index contributed by atoms with van der Waals surface area (Å²) in [4.78, 5) is 55.5. The SMILES string of the molecule is Cc1c(-c2ccc(CC(NC(=O)c3c(F)cc(N4CCOC[C@H]4C(F)(F)F)cc3F)C(=O)O)n3ccnc23)c(=O)n(C)c(=O)n1C. The van der Waals surface area contributed by atoms with E-state index in [0.717, 1.165) is 9.47 Å². The molecule has 1 amide bonds. The van der Waals surface area contributed by atoms with Crippen LogP contribution in [-0.2, 0) is 30.0 Å². The fourth-order valence-electron chi connectivity index (χ4n) is 5.45. The van der Waals surface area contributed by atoms with E-state index < -0.39 is 77.3 Å². The lowest BCUT2D eigenvalue weighted by Gasteiger charge is -2.38. The van der Waals surface area contributed by atoms with Gasteiger partial charge >= 0.3 is 17.8 Å². The molecule has 1 aliphatic heterocycles. The maximum absolute atomic E-state index is 15.1. The Morgan fingerprint density at radius 3 is 2.43 bits per heavy atom. The number of alkyl halides is 3. The van der Waals surface area contributed by atoms with E-state index in [9.17, 15) is 37.5 Å². The van der Waals surface area contributed by atoms with Crippen LogP contribution < -0.4 is 21.5 Å². The minimum atomic E-state index is -4.76. The number of carbonyl (C=O) groups excluding carboxylic acids is 1. The Morgan fingerprint density at radius 1 is 1.13 bits per heavy atom. The van der Waals surface area contributed by atoms with Crippen LogP contribution >= 0.6 is 0 Å². The van der Waals surface area contributed by atoms with Crippen LogP contribution in [0.5, 0.6) is 0 Å². The van der Waals surface area contributed by atoms with E-state index in [1.54, 1.807) is 6.92 Å². The molecule has 46 heavy (non-hydrogen) atoms. The number of halogens is 5. The summed E-state index contributed by atoms with van der Waals surface area (Å²) in [6, 6.07) is 0.261. The van der Waals surface area contributed by atoms with E-state index in [-0.39, 0.29) is 30.1 Å². The van der Waals surface area contributed by atoms with Crippen molar-refractivity contribution in [2.24, 2.45) is 14.1 Å². The lowest BCUT2D eigenvalue weighted by molar-refractivity contribution is -0.167. The van der Waals surface area contributed by atoms with Gasteiger partial charge in [0, 0.05) is 62.1 Å². The quantitative estimate of drug-likeness (QED) is 0.290. The van der Waals surface area contributed by atoms with Gasteiger partial charge in [0.25, 0.3) is 11.5 Å². The van der Waals surface area contributed by atoms with Gasteiger partial charge in [-0.2, -0.15) is 13.2 Å². The second kappa shape index (κ2) is 12.0. The minimum absolute atomic E-state index is 0.120. The van der Waals surface area contributed by atoms with Crippen LogP contribution in [0.1, 0.15) is 21.7 Å². The summed E-state index contributed by atoms with van der Waals surface area (Å²) in [5.74, 6) is -5.96. The Balaban J connectivity index is 1.44. The number of imidazole rings is 1. The number of hydrogen-bond donors (Lipinski definition) is 2. The maximum Gasteiger partial charge on any atom is 0.411 e. The summed E-state index contributed by atoms with van der Waals surface area (Å²) >= 11 is 0. The van der Waals surface area contributed by atoms with Gasteiger partial charge in [-0.1, -0.05) is 0 Å². The molecule has 0 saturated carbocycles. The molecule has 17 heteroatoms. The third kappa shape index (κ3) is 5.73. The highest BCUT2D eigenvalue weighted by Gasteiger charge is 2.46. The van der Waals surface area contributed by atoms with Crippen LogP contribution in [0.4, 0.5) is 27.6 Å². The first-order valence-corrected chi connectivity index (χ1v) is 13.8. The van der Waals surface area contributed by atoms with Crippen LogP contribution in [0.3, 0.4) is 0 Å². The van der Waals surface area contributed by atoms with Gasteiger partial charge in [0.1, 0.15) is 34.9 Å². The number of nitrogens with one attached hydrogen (secondary N) is 1. The number of carboxylic acid groups (broad SMARTS) is 1. The molecule has 0 bridgehead atoms. The first-order chi connectivity index (χ1) is 21.6. The highest BCUT2D eigenvalue weighted by Crippen LogP contribution is 2.33. The fraction of sp³-hybridized carbons (Fsp3) is 0.345. The number of benzene rings is 1. The average Bonchev–Trinajstić information content (AvgIpc) is 3.49. The first kappa shape index (κ1) is 32.3. The number of aliphatic carboxylic acids is 1. The summed E-state index contributed by atoms with van der Waals surface area (Å²) in [6.45, 7) is 0.405. The molecule has 1 aromatic carbocycles. The molecule has 244 valence electrons. The molecule has 3 aromatic heterocycles. The molecule has 1 fully saturated rings. The molecule has 2 N–H and O–H groups in total. The lowest BCUT2D eigenvalue weighted by atomic mass is 10.0. The predicted molar refractivity (Wildman–Crippen MR) is 153 cm³/mol. The molecule has 4 aromatic rings. The van der Waals surface area contributed by atoms with Gasteiger partial charge in [-0.3, -0.25) is 14.2 Å². The van der Waals surface area contributed by atoms with Crippen molar-refractivity contribution in [3.8, 4) is 11.1 Å². The molecule has 1 unspecified atom stereocenters. The zero-order valence-electron chi connectivity index (χ0n) is 24.6. The van der Waals surface area contributed by atoms with Gasteiger partial charge in [-0.05, 0) is 31.2 Å². The molecule has 5 rings (SSSR count). The smallest absolute Gasteiger partial charge is 0.411 e. The van der Waals surface area contributed by atoms with E-state index in [4.69, 9.17) is 4.74 Å². The Bertz CT molecular complexity index is 1960. The summed E-state index contributed by atoms with van der Waals surface area (Å²) in [5, 5.41) is 12.0. The molecule has 1 saturated heterocycles. The van der Waals surface area contributed by atoms with Gasteiger partial charge in [-0.25, -0.2) is 23.4 Å². The number of aromatic nitrogens is 4. The van der Waals surface area contributed by atoms with Crippen molar-refractivity contribution >= 4 is 23.2 Å². The lowest BCUT2D eigenvalue weighted by Crippen LogP contribution is -2.53. The van der Waals surface area contributed by atoms with E-state index in [2.05, 4.69) is 10.3 Å². The van der Waals surface area contributed by atoms with E-state index in [0.29, 0.717) is 23.4 Å². The molecule has 0 spiro atoms. The number of fused-ring (bicyclic) bond motifs is 1. The number of hydrogen-bond acceptors (Lipinski definition) is 7. The first-order valence-electron chi connectivity index (χ1n) is 13.8. The predicted octanol–water partition coefficient (Wildman–Crippen LogP) is 2.18. The van der Waals surface area contributed by atoms with Gasteiger partial charge in [0.15, 0.2) is 0 Å². The van der Waals surface area contributed by atoms with E-state index in [1.807, 2.05) is 0 Å². The summed E-state index contributed by atoms with van der Waals surface area (Å²) in [7, 11) is 2.82. The van der Waals surface area contributed by atoms with Crippen LogP contribution in [0.2, 0.25) is 0 Å². The Morgan fingerprint density at radius 2 is 1.80 bits per heavy atom. The van der Waals surface area contributed by atoms with Gasteiger partial charge in [-0.15, -0.1) is 0 Å². The number of nitrogens with zero attached hydrogens (tertiary/aromatic N) is 5. The molecule has 12 nitrogen and oxygen atoms in total. The van der Waals surface area contributed by atoms with Crippen molar-refractivity contribution in [3.05, 3.63) is 86.1 Å². The van der Waals surface area contributed by atoms with Crippen molar-refractivity contribution in [1.29, 1.82) is 0 Å². The zero-order chi connectivity index (χ0) is 33.7. The third-order valence-electron chi connectivity index (χ3n) is 7.97. The van der Waals surface area contributed by atoms with Crippen molar-refractivity contribution in [3.63, 3.8) is 0 Å². The van der Waals surface area contributed by atoms with E-state index in [1.165, 1.54) is 47.6 Å². The minimum Gasteiger partial charge on any atom is -0.480 e. The van der Waals surface area contributed by atoms with E-state index >= 15 is 8.78 Å². The molecule has 2 atom stereocenters. The van der Waals surface area contributed by atoms with Crippen molar-refractivity contribution in [1.82, 2.24) is 23.8 Å². The molecular formula is C29H27F5N6O6. The second-order valence-electron chi connectivity index (χ2n) is 10.7. The fourth-order valence-corrected chi connectivity index (χ4v) is 5.45. The van der Waals surface area contributed by atoms with Gasteiger partial charge < -0.3 is 29.0 Å². The summed E-state index contributed by atoms with van der Waals surface area (Å²) < 4.78 is 79.2. The second-order valence-corrected chi connectivity index (χ2v) is 10.7. The largest absolute Gasteiger partial charge is 0.480 e. The Hall–Kier alpha value is -5.06. The van der Waals surface area contributed by atoms with Crippen molar-refractivity contribution in [2.75, 3.05) is 24.7 Å². The highest BCUT2D eigenvalue weighted by molar-refractivity contribution is 5.97. The summed E-state index contributed by atoms with van der Waals surface area (Å²) in [6.07, 6.45) is -2.29. The van der Waals surface area contributed by atoms with Crippen molar-refractivity contribution < 1.29 is 41.4 Å².